The van der Waals surface area contributed by atoms with Crippen molar-refractivity contribution in [1.82, 2.24) is 20.0 Å². The Kier molecular flexibility index (Phi) is 5.79. The summed E-state index contributed by atoms with van der Waals surface area (Å²) in [5.41, 5.74) is 2.16. The van der Waals surface area contributed by atoms with E-state index in [-0.39, 0.29) is 0 Å². The highest BCUT2D eigenvalue weighted by molar-refractivity contribution is 7.09. The third kappa shape index (κ3) is 4.73. The first-order valence-electron chi connectivity index (χ1n) is 9.59. The predicted molar refractivity (Wildman–Crippen MR) is 108 cm³/mol. The van der Waals surface area contributed by atoms with E-state index in [9.17, 15) is 0 Å². The molecule has 0 atom stereocenters. The highest BCUT2D eigenvalue weighted by Gasteiger charge is 2.20. The first-order valence-corrected chi connectivity index (χ1v) is 10.5. The van der Waals surface area contributed by atoms with Crippen LogP contribution in [0.1, 0.15) is 30.5 Å². The molecule has 6 nitrogen and oxygen atoms in total. The van der Waals surface area contributed by atoms with Crippen molar-refractivity contribution >= 4 is 17.3 Å². The molecule has 1 aliphatic heterocycles. The number of anilines is 1. The maximum atomic E-state index is 5.35. The van der Waals surface area contributed by atoms with Crippen LogP contribution in [0.2, 0.25) is 0 Å². The molecular weight excluding hydrogens is 358 g/mol. The quantitative estimate of drug-likeness (QED) is 0.663. The number of nitrogens with zero attached hydrogens (tertiary/aromatic N) is 4. The topological polar surface area (TPSA) is 67.1 Å². The zero-order valence-electron chi connectivity index (χ0n) is 15.6. The van der Waals surface area contributed by atoms with Gasteiger partial charge in [0, 0.05) is 24.0 Å². The molecule has 7 heteroatoms. The van der Waals surface area contributed by atoms with Crippen LogP contribution in [0.15, 0.2) is 40.2 Å². The lowest BCUT2D eigenvalue weighted by Gasteiger charge is -2.31. The normalized spacial score (nSPS) is 15.9. The summed E-state index contributed by atoms with van der Waals surface area (Å²) in [6.45, 7) is 6.26. The summed E-state index contributed by atoms with van der Waals surface area (Å²) < 4.78 is 5.35. The Hall–Kier alpha value is -2.25. The molecular formula is C20H25N5OS. The average molecular weight is 384 g/mol. The molecule has 0 spiro atoms. The number of piperidine rings is 1. The van der Waals surface area contributed by atoms with Gasteiger partial charge >= 0.3 is 0 Å². The van der Waals surface area contributed by atoms with E-state index in [1.165, 1.54) is 23.5 Å². The summed E-state index contributed by atoms with van der Waals surface area (Å²) in [7, 11) is 0. The van der Waals surface area contributed by atoms with E-state index >= 15 is 0 Å². The van der Waals surface area contributed by atoms with E-state index in [1.54, 1.807) is 11.3 Å². The molecule has 1 saturated heterocycles. The van der Waals surface area contributed by atoms with Crippen LogP contribution in [0.4, 0.5) is 5.95 Å². The second kappa shape index (κ2) is 8.63. The summed E-state index contributed by atoms with van der Waals surface area (Å²) in [6, 6.07) is 9.85. The SMILES string of the molecule is CCc1nc(CN2CCC(CNc3noc(-c4ccccc4)n3)CC2)cs1. The van der Waals surface area contributed by atoms with Crippen molar-refractivity contribution in [2.24, 2.45) is 5.92 Å². The van der Waals surface area contributed by atoms with E-state index in [1.807, 2.05) is 30.3 Å². The number of hydrogen-bond donors (Lipinski definition) is 1. The molecule has 142 valence electrons. The van der Waals surface area contributed by atoms with E-state index in [4.69, 9.17) is 4.52 Å². The fraction of sp³-hybridized carbons (Fsp3) is 0.450. The van der Waals surface area contributed by atoms with E-state index < -0.39 is 0 Å². The minimum absolute atomic E-state index is 0.558. The number of hydrogen-bond acceptors (Lipinski definition) is 7. The minimum atomic E-state index is 0.558. The van der Waals surface area contributed by atoms with Crippen LogP contribution in [-0.4, -0.2) is 39.7 Å². The Bertz CT molecular complexity index is 839. The fourth-order valence-corrected chi connectivity index (χ4v) is 4.13. The van der Waals surface area contributed by atoms with Crippen molar-refractivity contribution in [3.63, 3.8) is 0 Å². The van der Waals surface area contributed by atoms with Gasteiger partial charge in [-0.15, -0.1) is 11.3 Å². The van der Waals surface area contributed by atoms with Crippen LogP contribution in [0.25, 0.3) is 11.5 Å². The molecule has 1 N–H and O–H groups in total. The predicted octanol–water partition coefficient (Wildman–Crippen LogP) is 4.08. The van der Waals surface area contributed by atoms with Gasteiger partial charge in [-0.05, 0) is 55.6 Å². The van der Waals surface area contributed by atoms with Gasteiger partial charge in [-0.1, -0.05) is 25.1 Å². The number of thiazole rings is 1. The highest BCUT2D eigenvalue weighted by atomic mass is 32.1. The molecule has 0 amide bonds. The molecule has 3 aromatic rings. The molecule has 0 unspecified atom stereocenters. The Morgan fingerprint density at radius 1 is 1.19 bits per heavy atom. The molecule has 1 aromatic carbocycles. The van der Waals surface area contributed by atoms with Crippen molar-refractivity contribution in [3.8, 4) is 11.5 Å². The molecule has 0 aliphatic carbocycles. The van der Waals surface area contributed by atoms with Gasteiger partial charge in [0.25, 0.3) is 11.8 Å². The monoisotopic (exact) mass is 383 g/mol. The molecule has 27 heavy (non-hydrogen) atoms. The van der Waals surface area contributed by atoms with Gasteiger partial charge in [0.1, 0.15) is 0 Å². The number of benzene rings is 1. The van der Waals surface area contributed by atoms with Crippen LogP contribution in [0.5, 0.6) is 0 Å². The van der Waals surface area contributed by atoms with Crippen LogP contribution in [0.3, 0.4) is 0 Å². The van der Waals surface area contributed by atoms with Gasteiger partial charge < -0.3 is 9.84 Å². The third-order valence-corrected chi connectivity index (χ3v) is 6.03. The van der Waals surface area contributed by atoms with Crippen molar-refractivity contribution in [2.45, 2.75) is 32.7 Å². The average Bonchev–Trinajstić information content (AvgIpc) is 3.37. The van der Waals surface area contributed by atoms with Gasteiger partial charge in [0.05, 0.1) is 10.7 Å². The van der Waals surface area contributed by atoms with Crippen LogP contribution < -0.4 is 5.32 Å². The van der Waals surface area contributed by atoms with Gasteiger partial charge in [-0.25, -0.2) is 4.98 Å². The Morgan fingerprint density at radius 2 is 2.00 bits per heavy atom. The molecule has 3 heterocycles. The third-order valence-electron chi connectivity index (χ3n) is 4.99. The maximum Gasteiger partial charge on any atom is 0.263 e. The summed E-state index contributed by atoms with van der Waals surface area (Å²) in [4.78, 5) is 11.6. The van der Waals surface area contributed by atoms with E-state index in [0.29, 0.717) is 17.8 Å². The zero-order chi connectivity index (χ0) is 18.5. The van der Waals surface area contributed by atoms with Crippen LogP contribution in [0, 0.1) is 5.92 Å². The lowest BCUT2D eigenvalue weighted by atomic mass is 9.97. The maximum absolute atomic E-state index is 5.35. The second-order valence-corrected chi connectivity index (χ2v) is 7.92. The molecule has 1 fully saturated rings. The van der Waals surface area contributed by atoms with Crippen LogP contribution >= 0.6 is 11.3 Å². The molecule has 0 radical (unpaired) electrons. The van der Waals surface area contributed by atoms with Crippen molar-refractivity contribution in [1.29, 1.82) is 0 Å². The molecule has 1 aliphatic rings. The second-order valence-electron chi connectivity index (χ2n) is 6.98. The standard InChI is InChI=1S/C20H25N5OS/c1-2-18-22-17(14-27-18)13-25-10-8-15(9-11-25)12-21-20-23-19(26-24-20)16-6-4-3-5-7-16/h3-7,14-15H,2,8-13H2,1H3,(H,21,24). The lowest BCUT2D eigenvalue weighted by Crippen LogP contribution is -2.35. The summed E-state index contributed by atoms with van der Waals surface area (Å²) in [6.07, 6.45) is 3.39. The summed E-state index contributed by atoms with van der Waals surface area (Å²) >= 11 is 1.77. The molecule has 2 aromatic heterocycles. The van der Waals surface area contributed by atoms with Gasteiger partial charge in [-0.3, -0.25) is 4.90 Å². The Balaban J connectivity index is 1.22. The number of rotatable bonds is 7. The van der Waals surface area contributed by atoms with Gasteiger partial charge in [-0.2, -0.15) is 4.98 Å². The number of nitrogens with one attached hydrogen (secondary N) is 1. The smallest absolute Gasteiger partial charge is 0.263 e. The van der Waals surface area contributed by atoms with Gasteiger partial charge in [0.15, 0.2) is 0 Å². The van der Waals surface area contributed by atoms with E-state index in [2.05, 4.69) is 37.6 Å². The number of aromatic nitrogens is 3. The zero-order valence-corrected chi connectivity index (χ0v) is 16.4. The van der Waals surface area contributed by atoms with E-state index in [0.717, 1.165) is 38.2 Å². The van der Waals surface area contributed by atoms with Gasteiger partial charge in [0.2, 0.25) is 0 Å². The highest BCUT2D eigenvalue weighted by Crippen LogP contribution is 2.22. The molecule has 0 saturated carbocycles. The fourth-order valence-electron chi connectivity index (χ4n) is 3.39. The Labute approximate surface area is 163 Å². The summed E-state index contributed by atoms with van der Waals surface area (Å²) in [5, 5.41) is 10.8. The first-order chi connectivity index (χ1) is 13.3. The first kappa shape index (κ1) is 18.1. The van der Waals surface area contributed by atoms with Crippen molar-refractivity contribution < 1.29 is 4.52 Å². The number of aryl methyl sites for hydroxylation is 1. The summed E-state index contributed by atoms with van der Waals surface area (Å²) in [5.74, 6) is 1.77. The minimum Gasteiger partial charge on any atom is -0.351 e. The van der Waals surface area contributed by atoms with Crippen molar-refractivity contribution in [2.75, 3.05) is 25.0 Å². The van der Waals surface area contributed by atoms with Crippen LogP contribution in [-0.2, 0) is 13.0 Å². The molecule has 4 rings (SSSR count). The lowest BCUT2D eigenvalue weighted by molar-refractivity contribution is 0.180. The van der Waals surface area contributed by atoms with Crippen molar-refractivity contribution in [3.05, 3.63) is 46.4 Å². The largest absolute Gasteiger partial charge is 0.351 e. The Morgan fingerprint density at radius 3 is 2.74 bits per heavy atom. The molecule has 0 bridgehead atoms. The number of likely N-dealkylation sites (tertiary alicyclic amines) is 1.